The van der Waals surface area contributed by atoms with E-state index in [4.69, 9.17) is 9.47 Å². The van der Waals surface area contributed by atoms with E-state index in [1.807, 2.05) is 25.1 Å². The summed E-state index contributed by atoms with van der Waals surface area (Å²) in [5, 5.41) is 7.12. The molecule has 2 atom stereocenters. The second-order valence-corrected chi connectivity index (χ2v) is 6.07. The molecule has 0 aliphatic carbocycles. The first kappa shape index (κ1) is 17.3. The molecule has 1 amide bonds. The first-order chi connectivity index (χ1) is 11.0. The number of halogens is 1. The standard InChI is InChI=1S/C16H20BrN3O3/c1-10(14-7-13(22-3)5-6-15(14)23-4)19-16(21)11(2)20-9-12(17)8-18-20/h5-11H,1-4H3,(H,19,21). The van der Waals surface area contributed by atoms with Crippen molar-refractivity contribution >= 4 is 21.8 Å². The number of nitrogens with one attached hydrogen (secondary N) is 1. The van der Waals surface area contributed by atoms with Gasteiger partial charge in [0.1, 0.15) is 17.5 Å². The van der Waals surface area contributed by atoms with Gasteiger partial charge in [-0.25, -0.2) is 0 Å². The minimum absolute atomic E-state index is 0.127. The van der Waals surface area contributed by atoms with E-state index < -0.39 is 6.04 Å². The van der Waals surface area contributed by atoms with Gasteiger partial charge < -0.3 is 14.8 Å². The number of rotatable bonds is 6. The fourth-order valence-corrected chi connectivity index (χ4v) is 2.54. The van der Waals surface area contributed by atoms with Gasteiger partial charge in [0.2, 0.25) is 5.91 Å². The van der Waals surface area contributed by atoms with Crippen LogP contribution in [0.5, 0.6) is 11.5 Å². The van der Waals surface area contributed by atoms with E-state index in [2.05, 4.69) is 26.3 Å². The maximum absolute atomic E-state index is 12.4. The zero-order chi connectivity index (χ0) is 17.0. The van der Waals surface area contributed by atoms with E-state index in [9.17, 15) is 4.79 Å². The van der Waals surface area contributed by atoms with Crippen LogP contribution in [0.2, 0.25) is 0 Å². The lowest BCUT2D eigenvalue weighted by Gasteiger charge is -2.20. The molecule has 2 rings (SSSR count). The first-order valence-electron chi connectivity index (χ1n) is 7.18. The highest BCUT2D eigenvalue weighted by molar-refractivity contribution is 9.10. The molecule has 1 aromatic carbocycles. The van der Waals surface area contributed by atoms with Gasteiger partial charge in [-0.1, -0.05) is 0 Å². The molecule has 0 spiro atoms. The Labute approximate surface area is 143 Å². The van der Waals surface area contributed by atoms with Gasteiger partial charge in [0.15, 0.2) is 0 Å². The molecule has 0 radical (unpaired) electrons. The molecule has 1 heterocycles. The fourth-order valence-electron chi connectivity index (χ4n) is 2.24. The minimum Gasteiger partial charge on any atom is -0.497 e. The third-order valence-corrected chi connectivity index (χ3v) is 4.02. The smallest absolute Gasteiger partial charge is 0.245 e. The summed E-state index contributed by atoms with van der Waals surface area (Å²) in [5.74, 6) is 1.29. The molecule has 0 bridgehead atoms. The highest BCUT2D eigenvalue weighted by Crippen LogP contribution is 2.29. The molecule has 1 aromatic heterocycles. The molecule has 0 saturated heterocycles. The van der Waals surface area contributed by atoms with Crippen molar-refractivity contribution in [1.29, 1.82) is 0 Å². The number of amides is 1. The Hall–Kier alpha value is -2.02. The van der Waals surface area contributed by atoms with Crippen molar-refractivity contribution in [2.24, 2.45) is 0 Å². The highest BCUT2D eigenvalue weighted by atomic mass is 79.9. The molecule has 6 nitrogen and oxygen atoms in total. The number of carbonyl (C=O) groups excluding carboxylic acids is 1. The van der Waals surface area contributed by atoms with E-state index >= 15 is 0 Å². The zero-order valence-corrected chi connectivity index (χ0v) is 15.1. The van der Waals surface area contributed by atoms with Crippen LogP contribution >= 0.6 is 15.9 Å². The Morgan fingerprint density at radius 3 is 2.61 bits per heavy atom. The van der Waals surface area contributed by atoms with Crippen molar-refractivity contribution < 1.29 is 14.3 Å². The summed E-state index contributed by atoms with van der Waals surface area (Å²) in [6, 6.07) is 4.86. The second-order valence-electron chi connectivity index (χ2n) is 5.15. The van der Waals surface area contributed by atoms with Gasteiger partial charge in [0.25, 0.3) is 0 Å². The fraction of sp³-hybridized carbons (Fsp3) is 0.375. The maximum Gasteiger partial charge on any atom is 0.245 e. The molecule has 2 unspecified atom stereocenters. The van der Waals surface area contributed by atoms with Crippen LogP contribution in [-0.2, 0) is 4.79 Å². The number of hydrogen-bond donors (Lipinski definition) is 1. The normalized spacial score (nSPS) is 13.3. The van der Waals surface area contributed by atoms with Crippen LogP contribution in [-0.4, -0.2) is 29.9 Å². The molecule has 0 saturated carbocycles. The summed E-state index contributed by atoms with van der Waals surface area (Å²) in [6.07, 6.45) is 3.42. The van der Waals surface area contributed by atoms with Gasteiger partial charge in [0, 0.05) is 11.8 Å². The van der Waals surface area contributed by atoms with Crippen LogP contribution in [0.4, 0.5) is 0 Å². The lowest BCUT2D eigenvalue weighted by molar-refractivity contribution is -0.124. The average molecular weight is 382 g/mol. The molecular weight excluding hydrogens is 362 g/mol. The third-order valence-electron chi connectivity index (χ3n) is 3.61. The Bertz CT molecular complexity index is 687. The minimum atomic E-state index is -0.416. The van der Waals surface area contributed by atoms with Crippen molar-refractivity contribution in [1.82, 2.24) is 15.1 Å². The van der Waals surface area contributed by atoms with Crippen molar-refractivity contribution in [2.75, 3.05) is 14.2 Å². The van der Waals surface area contributed by atoms with E-state index in [1.165, 1.54) is 0 Å². The molecule has 1 N–H and O–H groups in total. The van der Waals surface area contributed by atoms with Gasteiger partial charge in [0.05, 0.1) is 30.9 Å². The molecular formula is C16H20BrN3O3. The van der Waals surface area contributed by atoms with Crippen molar-refractivity contribution in [3.8, 4) is 11.5 Å². The average Bonchev–Trinajstić information content (AvgIpc) is 2.99. The Kier molecular flexibility index (Phi) is 5.65. The number of aromatic nitrogens is 2. The van der Waals surface area contributed by atoms with Crippen LogP contribution in [0, 0.1) is 0 Å². The van der Waals surface area contributed by atoms with Crippen molar-refractivity contribution in [3.63, 3.8) is 0 Å². The number of ether oxygens (including phenoxy) is 2. The van der Waals surface area contributed by atoms with Crippen molar-refractivity contribution in [3.05, 3.63) is 40.6 Å². The van der Waals surface area contributed by atoms with Gasteiger partial charge in [-0.05, 0) is 48.0 Å². The van der Waals surface area contributed by atoms with Gasteiger partial charge in [-0.15, -0.1) is 0 Å². The summed E-state index contributed by atoms with van der Waals surface area (Å²) >= 11 is 3.33. The quantitative estimate of drug-likeness (QED) is 0.834. The molecule has 7 heteroatoms. The van der Waals surface area contributed by atoms with Crippen LogP contribution in [0.15, 0.2) is 35.1 Å². The summed E-state index contributed by atoms with van der Waals surface area (Å²) < 4.78 is 13.0. The molecule has 23 heavy (non-hydrogen) atoms. The van der Waals surface area contributed by atoms with Gasteiger partial charge in [-0.2, -0.15) is 5.10 Å². The molecule has 0 aliphatic heterocycles. The van der Waals surface area contributed by atoms with E-state index in [0.717, 1.165) is 10.0 Å². The zero-order valence-electron chi connectivity index (χ0n) is 13.5. The Morgan fingerprint density at radius 2 is 2.04 bits per heavy atom. The number of benzene rings is 1. The van der Waals surface area contributed by atoms with Crippen LogP contribution in [0.1, 0.15) is 31.5 Å². The van der Waals surface area contributed by atoms with Crippen LogP contribution in [0.25, 0.3) is 0 Å². The predicted octanol–water partition coefficient (Wildman–Crippen LogP) is 3.10. The first-order valence-corrected chi connectivity index (χ1v) is 7.97. The molecule has 0 fully saturated rings. The van der Waals surface area contributed by atoms with Gasteiger partial charge >= 0.3 is 0 Å². The number of nitrogens with zero attached hydrogens (tertiary/aromatic N) is 2. The summed E-state index contributed by atoms with van der Waals surface area (Å²) in [5.41, 5.74) is 0.856. The Balaban J connectivity index is 2.14. The third kappa shape index (κ3) is 4.04. The van der Waals surface area contributed by atoms with Crippen LogP contribution in [0.3, 0.4) is 0 Å². The van der Waals surface area contributed by atoms with E-state index in [1.54, 1.807) is 38.2 Å². The number of hydrogen-bond acceptors (Lipinski definition) is 4. The lowest BCUT2D eigenvalue weighted by Crippen LogP contribution is -2.33. The summed E-state index contributed by atoms with van der Waals surface area (Å²) in [6.45, 7) is 3.70. The number of carbonyl (C=O) groups is 1. The SMILES string of the molecule is COc1ccc(OC)c(C(C)NC(=O)C(C)n2cc(Br)cn2)c1. The Morgan fingerprint density at radius 1 is 1.30 bits per heavy atom. The van der Waals surface area contributed by atoms with E-state index in [-0.39, 0.29) is 11.9 Å². The van der Waals surface area contributed by atoms with Crippen molar-refractivity contribution in [2.45, 2.75) is 25.9 Å². The summed E-state index contributed by atoms with van der Waals surface area (Å²) in [4.78, 5) is 12.4. The summed E-state index contributed by atoms with van der Waals surface area (Å²) in [7, 11) is 3.20. The predicted molar refractivity (Wildman–Crippen MR) is 90.7 cm³/mol. The lowest BCUT2D eigenvalue weighted by atomic mass is 10.1. The highest BCUT2D eigenvalue weighted by Gasteiger charge is 2.20. The monoisotopic (exact) mass is 381 g/mol. The van der Waals surface area contributed by atoms with E-state index in [0.29, 0.717) is 11.5 Å². The second kappa shape index (κ2) is 7.50. The molecule has 0 aliphatic rings. The molecule has 2 aromatic rings. The topological polar surface area (TPSA) is 65.4 Å². The largest absolute Gasteiger partial charge is 0.497 e. The molecule has 124 valence electrons. The number of methoxy groups -OCH3 is 2. The maximum atomic E-state index is 12.4. The van der Waals surface area contributed by atoms with Crippen LogP contribution < -0.4 is 14.8 Å². The van der Waals surface area contributed by atoms with Gasteiger partial charge in [-0.3, -0.25) is 9.48 Å².